The highest BCUT2D eigenvalue weighted by molar-refractivity contribution is 5.85. The molecule has 0 saturated carbocycles. The number of aromatic nitrogens is 7. The first-order valence-electron chi connectivity index (χ1n) is 11.1. The summed E-state index contributed by atoms with van der Waals surface area (Å²) in [6.07, 6.45) is 4.41. The number of methoxy groups -OCH3 is 1. The van der Waals surface area contributed by atoms with E-state index in [-0.39, 0.29) is 6.04 Å². The molecule has 34 heavy (non-hydrogen) atoms. The Bertz CT molecular complexity index is 1450. The van der Waals surface area contributed by atoms with Crippen LogP contribution in [0.1, 0.15) is 42.5 Å². The van der Waals surface area contributed by atoms with Gasteiger partial charge in [-0.1, -0.05) is 12.1 Å². The maximum Gasteiger partial charge on any atom is 0.249 e. The van der Waals surface area contributed by atoms with Gasteiger partial charge in [0.1, 0.15) is 17.6 Å². The van der Waals surface area contributed by atoms with Crippen molar-refractivity contribution in [2.45, 2.75) is 40.2 Å². The summed E-state index contributed by atoms with van der Waals surface area (Å²) >= 11 is 0. The number of anilines is 1. The molecule has 10 nitrogen and oxygen atoms in total. The van der Waals surface area contributed by atoms with Gasteiger partial charge >= 0.3 is 0 Å². The molecule has 0 saturated heterocycles. The van der Waals surface area contributed by atoms with Crippen molar-refractivity contribution in [3.05, 3.63) is 65.8 Å². The highest BCUT2D eigenvalue weighted by atomic mass is 16.5. The van der Waals surface area contributed by atoms with Gasteiger partial charge in [0.2, 0.25) is 5.89 Å². The van der Waals surface area contributed by atoms with Crippen molar-refractivity contribution in [3.8, 4) is 22.6 Å². The van der Waals surface area contributed by atoms with Crippen molar-refractivity contribution in [1.29, 1.82) is 0 Å². The number of aryl methyl sites for hydroxylation is 3. The molecular formula is C24H26N8O2. The summed E-state index contributed by atoms with van der Waals surface area (Å²) in [6, 6.07) is 9.69. The second-order valence-corrected chi connectivity index (χ2v) is 8.10. The smallest absolute Gasteiger partial charge is 0.249 e. The zero-order chi connectivity index (χ0) is 23.8. The largest absolute Gasteiger partial charge is 0.496 e. The fraction of sp³-hybridized carbons (Fsp3) is 0.292. The van der Waals surface area contributed by atoms with Gasteiger partial charge in [-0.15, -0.1) is 0 Å². The molecule has 1 N–H and O–H groups in total. The van der Waals surface area contributed by atoms with Gasteiger partial charge in [-0.05, 0) is 45.4 Å². The Morgan fingerprint density at radius 3 is 2.68 bits per heavy atom. The number of rotatable bonds is 7. The van der Waals surface area contributed by atoms with E-state index >= 15 is 0 Å². The quantitative estimate of drug-likeness (QED) is 0.381. The fourth-order valence-electron chi connectivity index (χ4n) is 4.08. The van der Waals surface area contributed by atoms with Crippen LogP contribution in [0.5, 0.6) is 5.75 Å². The second-order valence-electron chi connectivity index (χ2n) is 8.10. The lowest BCUT2D eigenvalue weighted by Crippen LogP contribution is -2.14. The van der Waals surface area contributed by atoms with Crippen molar-refractivity contribution in [3.63, 3.8) is 0 Å². The van der Waals surface area contributed by atoms with Gasteiger partial charge in [0.25, 0.3) is 0 Å². The maximum absolute atomic E-state index is 5.77. The van der Waals surface area contributed by atoms with Gasteiger partial charge in [0, 0.05) is 35.8 Å². The minimum atomic E-state index is -0.151. The van der Waals surface area contributed by atoms with Crippen molar-refractivity contribution in [2.75, 3.05) is 12.4 Å². The van der Waals surface area contributed by atoms with Crippen LogP contribution < -0.4 is 10.1 Å². The Kier molecular flexibility index (Phi) is 5.48. The van der Waals surface area contributed by atoms with Crippen molar-refractivity contribution in [1.82, 2.24) is 34.5 Å². The molecule has 1 atom stereocenters. The lowest BCUT2D eigenvalue weighted by molar-refractivity contribution is 0.356. The van der Waals surface area contributed by atoms with E-state index in [0.717, 1.165) is 51.8 Å². The van der Waals surface area contributed by atoms with Crippen LogP contribution >= 0.6 is 0 Å². The predicted octanol–water partition coefficient (Wildman–Crippen LogP) is 4.46. The normalized spacial score (nSPS) is 12.3. The Labute approximate surface area is 196 Å². The summed E-state index contributed by atoms with van der Waals surface area (Å²) in [5.74, 6) is 2.67. The third-order valence-corrected chi connectivity index (χ3v) is 5.69. The minimum Gasteiger partial charge on any atom is -0.496 e. The van der Waals surface area contributed by atoms with Crippen LogP contribution in [-0.4, -0.2) is 41.6 Å². The first-order chi connectivity index (χ1) is 16.5. The van der Waals surface area contributed by atoms with Crippen LogP contribution in [0.25, 0.3) is 22.5 Å². The number of nitrogens with zero attached hydrogens (tertiary/aromatic N) is 7. The standard InChI is InChI=1S/C24H26N8O2/c1-6-19(24-27-16(4)30-34-24)28-21-12-14(2)26-23-22(15(3)29-32(21)23)18-9-8-17(13-20(18)33-5)31-11-7-10-25-31/h7-13,19,28H,6H2,1-5H3/t19-/m0/s1. The van der Waals surface area contributed by atoms with E-state index in [1.54, 1.807) is 18.0 Å². The van der Waals surface area contributed by atoms with Gasteiger partial charge in [-0.25, -0.2) is 9.67 Å². The minimum absolute atomic E-state index is 0.151. The van der Waals surface area contributed by atoms with Gasteiger partial charge in [-0.3, -0.25) is 0 Å². The number of benzene rings is 1. The van der Waals surface area contributed by atoms with Crippen molar-refractivity contribution < 1.29 is 9.26 Å². The summed E-state index contributed by atoms with van der Waals surface area (Å²) < 4.78 is 14.8. The third-order valence-electron chi connectivity index (χ3n) is 5.69. The summed E-state index contributed by atoms with van der Waals surface area (Å²) in [5, 5.41) is 16.6. The average Bonchev–Trinajstić information content (AvgIpc) is 3.57. The zero-order valence-corrected chi connectivity index (χ0v) is 19.8. The molecule has 174 valence electrons. The molecule has 10 heteroatoms. The third kappa shape index (κ3) is 3.76. The lowest BCUT2D eigenvalue weighted by Gasteiger charge is -2.16. The fourth-order valence-corrected chi connectivity index (χ4v) is 4.08. The highest BCUT2D eigenvalue weighted by Gasteiger charge is 2.22. The molecular weight excluding hydrogens is 432 g/mol. The Hall–Kier alpha value is -4.21. The van der Waals surface area contributed by atoms with Crippen LogP contribution in [0, 0.1) is 20.8 Å². The summed E-state index contributed by atoms with van der Waals surface area (Å²) in [4.78, 5) is 9.22. The zero-order valence-electron chi connectivity index (χ0n) is 19.8. The molecule has 0 fully saturated rings. The van der Waals surface area contributed by atoms with Crippen LogP contribution in [-0.2, 0) is 0 Å². The van der Waals surface area contributed by atoms with E-state index in [0.29, 0.717) is 11.7 Å². The maximum atomic E-state index is 5.77. The molecule has 5 rings (SSSR count). The lowest BCUT2D eigenvalue weighted by atomic mass is 10.0. The predicted molar refractivity (Wildman–Crippen MR) is 127 cm³/mol. The van der Waals surface area contributed by atoms with Crippen molar-refractivity contribution in [2.24, 2.45) is 0 Å². The van der Waals surface area contributed by atoms with E-state index in [1.807, 2.05) is 61.8 Å². The number of ether oxygens (including phenoxy) is 1. The molecule has 0 spiro atoms. The Morgan fingerprint density at radius 1 is 1.15 bits per heavy atom. The van der Waals surface area contributed by atoms with Gasteiger partial charge in [-0.2, -0.15) is 19.7 Å². The second kappa shape index (κ2) is 8.62. The molecule has 0 aliphatic carbocycles. The SMILES string of the molecule is CC[C@H](Nc1cc(C)nc2c(-c3ccc(-n4cccn4)cc3OC)c(C)nn12)c1nc(C)no1. The Morgan fingerprint density at radius 2 is 2.00 bits per heavy atom. The molecule has 1 aromatic carbocycles. The van der Waals surface area contributed by atoms with E-state index < -0.39 is 0 Å². The van der Waals surface area contributed by atoms with Crippen LogP contribution in [0.2, 0.25) is 0 Å². The average molecular weight is 459 g/mol. The van der Waals surface area contributed by atoms with Crippen LogP contribution in [0.4, 0.5) is 5.82 Å². The number of hydrogen-bond acceptors (Lipinski definition) is 8. The molecule has 0 aliphatic heterocycles. The first kappa shape index (κ1) is 21.6. The van der Waals surface area contributed by atoms with E-state index in [4.69, 9.17) is 19.3 Å². The molecule has 0 radical (unpaired) electrons. The number of nitrogens with one attached hydrogen (secondary N) is 1. The molecule has 0 bridgehead atoms. The number of fused-ring (bicyclic) bond motifs is 1. The van der Waals surface area contributed by atoms with Gasteiger partial charge in [0.05, 0.1) is 24.1 Å². The molecule has 0 amide bonds. The highest BCUT2D eigenvalue weighted by Crippen LogP contribution is 2.37. The molecule has 4 aromatic heterocycles. The molecule has 0 unspecified atom stereocenters. The monoisotopic (exact) mass is 458 g/mol. The van der Waals surface area contributed by atoms with E-state index in [2.05, 4.69) is 27.5 Å². The molecule has 0 aliphatic rings. The van der Waals surface area contributed by atoms with E-state index in [1.165, 1.54) is 0 Å². The topological polar surface area (TPSA) is 108 Å². The summed E-state index contributed by atoms with van der Waals surface area (Å²) in [7, 11) is 1.66. The van der Waals surface area contributed by atoms with Crippen molar-refractivity contribution >= 4 is 11.5 Å². The van der Waals surface area contributed by atoms with Gasteiger partial charge in [0.15, 0.2) is 11.5 Å². The Balaban J connectivity index is 1.61. The van der Waals surface area contributed by atoms with Crippen LogP contribution in [0.15, 0.2) is 47.2 Å². The van der Waals surface area contributed by atoms with Gasteiger partial charge < -0.3 is 14.6 Å². The summed E-state index contributed by atoms with van der Waals surface area (Å²) in [5.41, 5.74) is 5.17. The molecule has 5 aromatic rings. The van der Waals surface area contributed by atoms with Crippen LogP contribution in [0.3, 0.4) is 0 Å². The number of hydrogen-bond donors (Lipinski definition) is 1. The summed E-state index contributed by atoms with van der Waals surface area (Å²) in [6.45, 7) is 7.81. The first-order valence-corrected chi connectivity index (χ1v) is 11.1. The van der Waals surface area contributed by atoms with E-state index in [9.17, 15) is 0 Å². The molecule has 4 heterocycles.